The Balaban J connectivity index is 2.26. The van der Waals surface area contributed by atoms with Crippen LogP contribution in [0.15, 0.2) is 42.1 Å². The molecule has 2 N–H and O–H groups in total. The van der Waals surface area contributed by atoms with E-state index in [-0.39, 0.29) is 5.75 Å². The predicted molar refractivity (Wildman–Crippen MR) is 69.8 cm³/mol. The summed E-state index contributed by atoms with van der Waals surface area (Å²) < 4.78 is 18.5. The quantitative estimate of drug-likeness (QED) is 0.894. The highest BCUT2D eigenvalue weighted by Crippen LogP contribution is 2.26. The third-order valence-electron chi connectivity index (χ3n) is 2.19. The average molecular weight is 266 g/mol. The van der Waals surface area contributed by atoms with Gasteiger partial charge in [0, 0.05) is 24.2 Å². The van der Waals surface area contributed by atoms with Gasteiger partial charge in [-0.15, -0.1) is 11.8 Å². The van der Waals surface area contributed by atoms with Gasteiger partial charge >= 0.3 is 6.09 Å². The van der Waals surface area contributed by atoms with Crippen LogP contribution < -0.4 is 15.4 Å². The van der Waals surface area contributed by atoms with Crippen LogP contribution in [0, 0.1) is 5.82 Å². The smallest absolute Gasteiger partial charge is 0.409 e. The minimum atomic E-state index is -0.965. The van der Waals surface area contributed by atoms with Crippen molar-refractivity contribution in [1.82, 2.24) is 0 Å². The van der Waals surface area contributed by atoms with Crippen LogP contribution in [0.2, 0.25) is 0 Å². The molecule has 0 atom stereocenters. The Morgan fingerprint density at radius 2 is 2.28 bits per heavy atom. The van der Waals surface area contributed by atoms with Gasteiger partial charge in [0.2, 0.25) is 0 Å². The van der Waals surface area contributed by atoms with E-state index >= 15 is 0 Å². The molecule has 0 fully saturated rings. The lowest BCUT2D eigenvalue weighted by atomic mass is 10.2. The summed E-state index contributed by atoms with van der Waals surface area (Å²) in [5, 5.41) is 1.88. The zero-order valence-electron chi connectivity index (χ0n) is 9.38. The monoisotopic (exact) mass is 266 g/mol. The lowest BCUT2D eigenvalue weighted by Gasteiger charge is -2.16. The minimum Gasteiger partial charge on any atom is -0.410 e. The number of anilines is 1. The number of carbonyl (C=O) groups is 1. The van der Waals surface area contributed by atoms with Gasteiger partial charge in [-0.3, -0.25) is 0 Å². The molecule has 18 heavy (non-hydrogen) atoms. The van der Waals surface area contributed by atoms with Crippen molar-refractivity contribution in [3.8, 4) is 5.75 Å². The molecule has 0 saturated carbocycles. The molecular formula is C12H11FN2O2S. The fourth-order valence-electron chi connectivity index (χ4n) is 1.46. The van der Waals surface area contributed by atoms with Gasteiger partial charge < -0.3 is 15.4 Å². The summed E-state index contributed by atoms with van der Waals surface area (Å²) in [5.41, 5.74) is 5.23. The van der Waals surface area contributed by atoms with Crippen molar-refractivity contribution in [2.45, 2.75) is 0 Å². The summed E-state index contributed by atoms with van der Waals surface area (Å²) in [7, 11) is 0. The fourth-order valence-corrected chi connectivity index (χ4v) is 1.99. The summed E-state index contributed by atoms with van der Waals surface area (Å²) in [6.45, 7) is 0. The van der Waals surface area contributed by atoms with Gasteiger partial charge in [0.15, 0.2) is 5.82 Å². The molecule has 1 aromatic carbocycles. The molecule has 0 aromatic heterocycles. The number of hydrogen-bond acceptors (Lipinski definition) is 4. The molecule has 1 aliphatic rings. The van der Waals surface area contributed by atoms with E-state index in [9.17, 15) is 9.18 Å². The van der Waals surface area contributed by atoms with Gasteiger partial charge in [0.05, 0.1) is 5.69 Å². The van der Waals surface area contributed by atoms with Crippen molar-refractivity contribution in [2.75, 3.05) is 10.7 Å². The first-order valence-electron chi connectivity index (χ1n) is 5.17. The molecule has 0 aliphatic carbocycles. The van der Waals surface area contributed by atoms with Crippen LogP contribution >= 0.6 is 11.8 Å². The van der Waals surface area contributed by atoms with Crippen LogP contribution in [0.1, 0.15) is 0 Å². The van der Waals surface area contributed by atoms with Gasteiger partial charge in [-0.25, -0.2) is 9.18 Å². The van der Waals surface area contributed by atoms with E-state index < -0.39 is 11.9 Å². The van der Waals surface area contributed by atoms with Crippen LogP contribution in [0.3, 0.4) is 0 Å². The van der Waals surface area contributed by atoms with Crippen molar-refractivity contribution in [3.05, 3.63) is 47.9 Å². The van der Waals surface area contributed by atoms with Crippen molar-refractivity contribution >= 4 is 23.5 Å². The molecular weight excluding hydrogens is 255 g/mol. The van der Waals surface area contributed by atoms with Crippen LogP contribution in [0.5, 0.6) is 5.75 Å². The van der Waals surface area contributed by atoms with Crippen LogP contribution in [-0.2, 0) is 0 Å². The zero-order chi connectivity index (χ0) is 13.0. The normalized spacial score (nSPS) is 14.4. The van der Waals surface area contributed by atoms with Crippen molar-refractivity contribution in [2.24, 2.45) is 5.73 Å². The Morgan fingerprint density at radius 3 is 3.00 bits per heavy atom. The van der Waals surface area contributed by atoms with E-state index in [4.69, 9.17) is 5.73 Å². The molecule has 0 saturated heterocycles. The number of rotatable bonds is 2. The van der Waals surface area contributed by atoms with Crippen molar-refractivity contribution < 1.29 is 13.9 Å². The second-order valence-corrected chi connectivity index (χ2v) is 4.38. The van der Waals surface area contributed by atoms with E-state index in [1.807, 2.05) is 11.5 Å². The molecule has 2 rings (SSSR count). The third kappa shape index (κ3) is 3.04. The molecule has 6 heteroatoms. The molecule has 1 amide bonds. The number of amides is 1. The first-order chi connectivity index (χ1) is 8.66. The lowest BCUT2D eigenvalue weighted by molar-refractivity contribution is 0.210. The number of nitrogens with zero attached hydrogens (tertiary/aromatic N) is 1. The number of halogens is 1. The zero-order valence-corrected chi connectivity index (χ0v) is 10.2. The van der Waals surface area contributed by atoms with Crippen LogP contribution in [0.25, 0.3) is 0 Å². The Morgan fingerprint density at radius 1 is 1.44 bits per heavy atom. The Hall–Kier alpha value is -1.95. The molecule has 0 spiro atoms. The highest BCUT2D eigenvalue weighted by Gasteiger charge is 2.10. The van der Waals surface area contributed by atoms with E-state index in [0.717, 1.165) is 11.8 Å². The molecule has 1 aromatic rings. The highest BCUT2D eigenvalue weighted by molar-refractivity contribution is 8.02. The van der Waals surface area contributed by atoms with E-state index in [1.165, 1.54) is 12.1 Å². The van der Waals surface area contributed by atoms with Gasteiger partial charge in [-0.2, -0.15) is 0 Å². The Labute approximate surface area is 108 Å². The predicted octanol–water partition coefficient (Wildman–Crippen LogP) is 2.82. The molecule has 1 heterocycles. The van der Waals surface area contributed by atoms with Gasteiger partial charge in [0.25, 0.3) is 0 Å². The van der Waals surface area contributed by atoms with E-state index in [0.29, 0.717) is 5.69 Å². The first-order valence-corrected chi connectivity index (χ1v) is 6.22. The maximum atomic E-state index is 13.9. The number of hydrogen-bond donors (Lipinski definition) is 1. The number of ether oxygens (including phenoxy) is 1. The minimum absolute atomic E-state index is 0.0842. The maximum absolute atomic E-state index is 13.9. The number of benzene rings is 1. The molecule has 1 aliphatic heterocycles. The maximum Gasteiger partial charge on any atom is 0.409 e. The molecule has 94 valence electrons. The van der Waals surface area contributed by atoms with E-state index in [1.54, 1.807) is 29.1 Å². The summed E-state index contributed by atoms with van der Waals surface area (Å²) in [4.78, 5) is 12.2. The summed E-state index contributed by atoms with van der Waals surface area (Å²) in [5.74, 6) is 0.438. The number of thioether (sulfide) groups is 1. The van der Waals surface area contributed by atoms with Gasteiger partial charge in [-0.05, 0) is 17.5 Å². The topological polar surface area (TPSA) is 55.6 Å². The second-order valence-electron chi connectivity index (χ2n) is 3.44. The fraction of sp³-hybridized carbons (Fsp3) is 0.0833. The average Bonchev–Trinajstić information content (AvgIpc) is 2.57. The Kier molecular flexibility index (Phi) is 3.88. The Bertz CT molecular complexity index is 503. The second kappa shape index (κ2) is 5.59. The highest BCUT2D eigenvalue weighted by atomic mass is 32.2. The SMILES string of the molecule is NC(=O)Oc1ccc(N2C=CCSC=C2)c(F)c1. The van der Waals surface area contributed by atoms with E-state index in [2.05, 4.69) is 4.74 Å². The standard InChI is InChI=1S/C12H11FN2O2S/c13-10-8-9(17-12(14)16)2-3-11(10)15-4-1-6-18-7-5-15/h1-5,7-8H,6H2,(H2,14,16). The summed E-state index contributed by atoms with van der Waals surface area (Å²) in [6, 6.07) is 4.14. The molecule has 0 radical (unpaired) electrons. The molecule has 0 unspecified atom stereocenters. The molecule has 4 nitrogen and oxygen atoms in total. The number of primary amides is 1. The molecule has 0 bridgehead atoms. The van der Waals surface area contributed by atoms with Crippen LogP contribution in [-0.4, -0.2) is 11.8 Å². The van der Waals surface area contributed by atoms with Crippen molar-refractivity contribution in [1.29, 1.82) is 0 Å². The summed E-state index contributed by atoms with van der Waals surface area (Å²) in [6.07, 6.45) is 4.51. The van der Waals surface area contributed by atoms with Crippen molar-refractivity contribution in [3.63, 3.8) is 0 Å². The number of nitrogens with two attached hydrogens (primary N) is 1. The first kappa shape index (κ1) is 12.5. The summed E-state index contributed by atoms with van der Waals surface area (Å²) >= 11 is 1.61. The van der Waals surface area contributed by atoms with Gasteiger partial charge in [0.1, 0.15) is 5.75 Å². The lowest BCUT2D eigenvalue weighted by Crippen LogP contribution is -2.16. The third-order valence-corrected chi connectivity index (χ3v) is 2.89. The largest absolute Gasteiger partial charge is 0.410 e. The van der Waals surface area contributed by atoms with Gasteiger partial charge in [-0.1, -0.05) is 6.08 Å². The number of carbonyl (C=O) groups excluding carboxylic acids is 1. The van der Waals surface area contributed by atoms with Crippen LogP contribution in [0.4, 0.5) is 14.9 Å².